The van der Waals surface area contributed by atoms with Gasteiger partial charge in [0.15, 0.2) is 5.58 Å². The molecule has 0 bridgehead atoms. The number of aromatic nitrogens is 2. The summed E-state index contributed by atoms with van der Waals surface area (Å²) in [6.07, 6.45) is 0. The number of hydrogen-bond acceptors (Lipinski definition) is 5. The highest BCUT2D eigenvalue weighted by atomic mass is 32.1. The van der Waals surface area contributed by atoms with Crippen molar-refractivity contribution in [2.24, 2.45) is 0 Å². The minimum absolute atomic E-state index is 0.598. The van der Waals surface area contributed by atoms with Gasteiger partial charge in [-0.3, -0.25) is 0 Å². The summed E-state index contributed by atoms with van der Waals surface area (Å²) in [5, 5.41) is 6.87. The zero-order valence-electron chi connectivity index (χ0n) is 29.3. The van der Waals surface area contributed by atoms with Crippen LogP contribution < -0.4 is 4.90 Å². The number of furan rings is 1. The maximum atomic E-state index is 6.62. The van der Waals surface area contributed by atoms with Crippen LogP contribution >= 0.6 is 11.3 Å². The first kappa shape index (κ1) is 30.3. The average Bonchev–Trinajstić information content (AvgIpc) is 4.01. The van der Waals surface area contributed by atoms with Crippen LogP contribution in [0.25, 0.3) is 92.2 Å². The van der Waals surface area contributed by atoms with Crippen LogP contribution in [0.5, 0.6) is 0 Å². The summed E-state index contributed by atoms with van der Waals surface area (Å²) in [6, 6.07) is 62.1. The number of oxazole rings is 1. The van der Waals surface area contributed by atoms with Crippen molar-refractivity contribution in [1.29, 1.82) is 0 Å². The second kappa shape index (κ2) is 11.7. The number of anilines is 3. The lowest BCUT2D eigenvalue weighted by Gasteiger charge is -2.26. The highest BCUT2D eigenvalue weighted by Gasteiger charge is 2.21. The van der Waals surface area contributed by atoms with Gasteiger partial charge in [-0.2, -0.15) is 0 Å². The van der Waals surface area contributed by atoms with Gasteiger partial charge in [0.05, 0.1) is 16.4 Å². The normalized spacial score (nSPS) is 12.0. The van der Waals surface area contributed by atoms with Crippen molar-refractivity contribution in [2.45, 2.75) is 0 Å². The summed E-state index contributed by atoms with van der Waals surface area (Å²) >= 11 is 1.83. The Morgan fingerprint density at radius 3 is 1.98 bits per heavy atom. The monoisotopic (exact) mass is 723 g/mol. The molecule has 5 nitrogen and oxygen atoms in total. The maximum absolute atomic E-state index is 6.62. The summed E-state index contributed by atoms with van der Waals surface area (Å²) < 4.78 is 17.8. The standard InChI is InChI=1S/C49H29N3O2S/c1-3-11-30(12-4-1)49-50-48-43(54-49)25-24-42-47(48)37-22-19-34(29-44(37)53-42)51(33-21-26-46-39(28-33)36-16-8-10-18-45(36)55-46)32-20-23-41-38(27-32)35-15-7-9-17-40(35)52(41)31-13-5-2-6-14-31/h1-29H. The van der Waals surface area contributed by atoms with E-state index in [9.17, 15) is 0 Å². The minimum atomic E-state index is 0.598. The Morgan fingerprint density at radius 2 is 1.11 bits per heavy atom. The zero-order valence-corrected chi connectivity index (χ0v) is 30.1. The van der Waals surface area contributed by atoms with E-state index in [4.69, 9.17) is 13.8 Å². The first-order valence-corrected chi connectivity index (χ1v) is 19.2. The Balaban J connectivity index is 1.08. The molecule has 4 aromatic heterocycles. The number of rotatable bonds is 5. The van der Waals surface area contributed by atoms with Crippen LogP contribution in [0.3, 0.4) is 0 Å². The van der Waals surface area contributed by atoms with E-state index >= 15 is 0 Å². The molecule has 0 fully saturated rings. The maximum Gasteiger partial charge on any atom is 0.227 e. The lowest BCUT2D eigenvalue weighted by Crippen LogP contribution is -2.09. The molecule has 0 spiro atoms. The first-order chi connectivity index (χ1) is 27.2. The third-order valence-electron chi connectivity index (χ3n) is 10.8. The van der Waals surface area contributed by atoms with Crippen molar-refractivity contribution in [3.05, 3.63) is 176 Å². The molecular formula is C49H29N3O2S. The fraction of sp³-hybridized carbons (Fsp3) is 0. The van der Waals surface area contributed by atoms with Gasteiger partial charge in [-0.1, -0.05) is 72.8 Å². The molecule has 12 rings (SSSR count). The molecule has 0 N–H and O–H groups in total. The summed E-state index contributed by atoms with van der Waals surface area (Å²) in [4.78, 5) is 7.33. The van der Waals surface area contributed by atoms with Gasteiger partial charge in [0.25, 0.3) is 0 Å². The van der Waals surface area contributed by atoms with Crippen molar-refractivity contribution in [3.8, 4) is 17.1 Å². The second-order valence-corrected chi connectivity index (χ2v) is 15.0. The molecule has 0 saturated heterocycles. The predicted octanol–water partition coefficient (Wildman–Crippen LogP) is 14.3. The van der Waals surface area contributed by atoms with Crippen molar-refractivity contribution < 1.29 is 8.83 Å². The van der Waals surface area contributed by atoms with Crippen LogP contribution in [-0.4, -0.2) is 9.55 Å². The van der Waals surface area contributed by atoms with Crippen molar-refractivity contribution in [3.63, 3.8) is 0 Å². The van der Waals surface area contributed by atoms with Crippen LogP contribution in [0, 0.1) is 0 Å². The third kappa shape index (κ3) is 4.62. The smallest absolute Gasteiger partial charge is 0.227 e. The van der Waals surface area contributed by atoms with Gasteiger partial charge in [-0.15, -0.1) is 11.3 Å². The Morgan fingerprint density at radius 1 is 0.455 bits per heavy atom. The van der Waals surface area contributed by atoms with Crippen LogP contribution in [0.1, 0.15) is 0 Å². The van der Waals surface area contributed by atoms with Crippen molar-refractivity contribution >= 4 is 103 Å². The number of nitrogens with zero attached hydrogens (tertiary/aromatic N) is 3. The lowest BCUT2D eigenvalue weighted by atomic mass is 10.1. The zero-order chi connectivity index (χ0) is 36.0. The summed E-state index contributed by atoms with van der Waals surface area (Å²) in [5.41, 5.74) is 10.7. The molecular weight excluding hydrogens is 695 g/mol. The molecule has 12 aromatic rings. The number of thiophene rings is 1. The first-order valence-electron chi connectivity index (χ1n) is 18.4. The van der Waals surface area contributed by atoms with Gasteiger partial charge in [0.1, 0.15) is 16.7 Å². The molecule has 6 heteroatoms. The van der Waals surface area contributed by atoms with E-state index < -0.39 is 0 Å². The van der Waals surface area contributed by atoms with Gasteiger partial charge in [0.2, 0.25) is 5.89 Å². The van der Waals surface area contributed by atoms with Gasteiger partial charge in [-0.25, -0.2) is 4.98 Å². The highest BCUT2D eigenvalue weighted by molar-refractivity contribution is 7.25. The van der Waals surface area contributed by atoms with Crippen LogP contribution in [0.2, 0.25) is 0 Å². The third-order valence-corrected chi connectivity index (χ3v) is 12.0. The molecule has 0 aliphatic heterocycles. The van der Waals surface area contributed by atoms with E-state index in [-0.39, 0.29) is 0 Å². The predicted molar refractivity (Wildman–Crippen MR) is 229 cm³/mol. The van der Waals surface area contributed by atoms with Gasteiger partial charge < -0.3 is 18.3 Å². The van der Waals surface area contributed by atoms with E-state index in [0.717, 1.165) is 66.9 Å². The van der Waals surface area contributed by atoms with Gasteiger partial charge in [-0.05, 0) is 97.1 Å². The number of benzene rings is 8. The van der Waals surface area contributed by atoms with E-state index in [2.05, 4.69) is 143 Å². The Kier molecular flexibility index (Phi) is 6.44. The van der Waals surface area contributed by atoms with Crippen molar-refractivity contribution in [1.82, 2.24) is 9.55 Å². The molecule has 0 saturated carbocycles. The number of para-hydroxylation sites is 2. The summed E-state index contributed by atoms with van der Waals surface area (Å²) in [5.74, 6) is 0.598. The number of hydrogen-bond donors (Lipinski definition) is 0. The second-order valence-electron chi connectivity index (χ2n) is 14.0. The van der Waals surface area contributed by atoms with Crippen LogP contribution in [-0.2, 0) is 0 Å². The summed E-state index contributed by atoms with van der Waals surface area (Å²) in [7, 11) is 0. The molecule has 0 aliphatic carbocycles. The molecule has 55 heavy (non-hydrogen) atoms. The average molecular weight is 724 g/mol. The summed E-state index contributed by atoms with van der Waals surface area (Å²) in [6.45, 7) is 0. The van der Waals surface area contributed by atoms with E-state index in [1.807, 2.05) is 53.8 Å². The van der Waals surface area contributed by atoms with Crippen molar-refractivity contribution in [2.75, 3.05) is 4.90 Å². The molecule has 0 radical (unpaired) electrons. The quantitative estimate of drug-likeness (QED) is 0.177. The Hall–Kier alpha value is -7.15. The van der Waals surface area contributed by atoms with Crippen LogP contribution in [0.4, 0.5) is 17.1 Å². The molecule has 0 unspecified atom stereocenters. The molecule has 0 aliphatic rings. The number of fused-ring (bicyclic) bond motifs is 11. The lowest BCUT2D eigenvalue weighted by molar-refractivity contribution is 0.619. The largest absolute Gasteiger partial charge is 0.456 e. The molecule has 258 valence electrons. The topological polar surface area (TPSA) is 47.3 Å². The van der Waals surface area contributed by atoms with Crippen LogP contribution in [0.15, 0.2) is 185 Å². The molecule has 0 atom stereocenters. The van der Waals surface area contributed by atoms with Gasteiger partial charge in [0, 0.05) is 70.7 Å². The SMILES string of the molecule is c1ccc(-c2nc3c(ccc4oc5cc(N(c6ccc7sc8ccccc8c7c6)c6ccc7c(c6)c6ccccc6n7-c6ccccc6)ccc5c43)o2)cc1. The molecule has 0 amide bonds. The molecule has 4 heterocycles. The fourth-order valence-electron chi connectivity index (χ4n) is 8.34. The van der Waals surface area contributed by atoms with E-state index in [0.29, 0.717) is 5.89 Å². The van der Waals surface area contributed by atoms with E-state index in [1.54, 1.807) is 0 Å². The fourth-order valence-corrected chi connectivity index (χ4v) is 9.43. The molecule has 8 aromatic carbocycles. The Labute approximate surface area is 318 Å². The minimum Gasteiger partial charge on any atom is -0.456 e. The van der Waals surface area contributed by atoms with Gasteiger partial charge >= 0.3 is 0 Å². The van der Waals surface area contributed by atoms with E-state index in [1.165, 1.54) is 36.5 Å². The highest BCUT2D eigenvalue weighted by Crippen LogP contribution is 2.45. The Bertz CT molecular complexity index is 3450.